The van der Waals surface area contributed by atoms with E-state index in [1.54, 1.807) is 0 Å². The molecule has 1 aromatic carbocycles. The van der Waals surface area contributed by atoms with Gasteiger partial charge in [-0.2, -0.15) is 5.11 Å². The van der Waals surface area contributed by atoms with Gasteiger partial charge >= 0.3 is 0 Å². The van der Waals surface area contributed by atoms with Gasteiger partial charge in [0.05, 0.1) is 6.61 Å². The van der Waals surface area contributed by atoms with Gasteiger partial charge in [-0.05, 0) is 43.4 Å². The number of nitrogens with zero attached hydrogens (tertiary/aromatic N) is 1. The lowest BCUT2D eigenvalue weighted by Crippen LogP contribution is -2.12. The number of hydrogen-bond donors (Lipinski definition) is 1. The zero-order valence-corrected chi connectivity index (χ0v) is 23.0. The third-order valence-corrected chi connectivity index (χ3v) is 7.14. The molecule has 196 valence electrons. The Hall–Kier alpha value is -1.38. The van der Waals surface area contributed by atoms with Crippen LogP contribution >= 0.6 is 0 Å². The van der Waals surface area contributed by atoms with Crippen molar-refractivity contribution in [2.75, 3.05) is 6.61 Å². The fourth-order valence-corrected chi connectivity index (χ4v) is 4.84. The normalized spacial score (nSPS) is 12.1. The molecular formula is C31H56N2O. The Labute approximate surface area is 212 Å². The summed E-state index contributed by atoms with van der Waals surface area (Å²) in [6, 6.07) is 5.93. The number of ether oxygens (including phenoxy) is 1. The van der Waals surface area contributed by atoms with Crippen molar-refractivity contribution in [1.29, 1.82) is 5.53 Å². The van der Waals surface area contributed by atoms with E-state index in [1.807, 2.05) is 18.2 Å². The highest BCUT2D eigenvalue weighted by Crippen LogP contribution is 2.30. The molecule has 0 aliphatic rings. The Bertz CT molecular complexity index is 601. The summed E-state index contributed by atoms with van der Waals surface area (Å²) in [4.78, 5) is 0. The van der Waals surface area contributed by atoms with Gasteiger partial charge in [0, 0.05) is 0 Å². The zero-order valence-electron chi connectivity index (χ0n) is 23.0. The van der Waals surface area contributed by atoms with Crippen LogP contribution in [0.4, 0.5) is 5.69 Å². The minimum absolute atomic E-state index is 0.619. The predicted octanol–water partition coefficient (Wildman–Crippen LogP) is 11.5. The lowest BCUT2D eigenvalue weighted by Gasteiger charge is -2.19. The minimum Gasteiger partial charge on any atom is -0.491 e. The van der Waals surface area contributed by atoms with Gasteiger partial charge in [0.2, 0.25) is 0 Å². The number of rotatable bonds is 24. The third kappa shape index (κ3) is 16.3. The number of aryl methyl sites for hydroxylation is 1. The molecule has 0 saturated heterocycles. The Morgan fingerprint density at radius 2 is 1.12 bits per heavy atom. The number of unbranched alkanes of at least 4 members (excludes halogenated alkanes) is 16. The maximum Gasteiger partial charge on any atom is 0.147 e. The lowest BCUT2D eigenvalue weighted by molar-refractivity contribution is 0.224. The maximum absolute atomic E-state index is 7.44. The molecular weight excluding hydrogens is 416 g/mol. The van der Waals surface area contributed by atoms with Gasteiger partial charge in [-0.1, -0.05) is 135 Å². The molecule has 1 aromatic rings. The molecule has 1 atom stereocenters. The summed E-state index contributed by atoms with van der Waals surface area (Å²) in [5.74, 6) is 1.40. The molecule has 1 unspecified atom stereocenters. The quantitative estimate of drug-likeness (QED) is 0.118. The Balaban J connectivity index is 2.33. The lowest BCUT2D eigenvalue weighted by atomic mass is 9.94. The molecule has 1 rings (SSSR count). The number of benzene rings is 1. The van der Waals surface area contributed by atoms with Gasteiger partial charge in [0.15, 0.2) is 0 Å². The molecule has 0 amide bonds. The largest absolute Gasteiger partial charge is 0.491 e. The molecule has 0 aliphatic heterocycles. The van der Waals surface area contributed by atoms with E-state index in [0.29, 0.717) is 11.6 Å². The Morgan fingerprint density at radius 1 is 0.676 bits per heavy atom. The molecule has 0 aromatic heterocycles. The third-order valence-electron chi connectivity index (χ3n) is 7.14. The van der Waals surface area contributed by atoms with E-state index >= 15 is 0 Å². The van der Waals surface area contributed by atoms with Crippen molar-refractivity contribution in [2.45, 2.75) is 149 Å². The van der Waals surface area contributed by atoms with Gasteiger partial charge < -0.3 is 4.74 Å². The molecule has 0 spiro atoms. The fraction of sp³-hybridized carbons (Fsp3) is 0.806. The summed E-state index contributed by atoms with van der Waals surface area (Å²) < 4.78 is 6.22. The van der Waals surface area contributed by atoms with Crippen LogP contribution in [-0.2, 0) is 0 Å². The van der Waals surface area contributed by atoms with Crippen LogP contribution in [0.5, 0.6) is 5.75 Å². The standard InChI is InChI=1S/C31H56N2O/c1-4-6-8-10-12-14-15-17-19-21-23-29(22-20-18-16-13-11-9-7-5-2)27-34-31-26-28(3)24-25-30(31)33-32/h24-26,29,32H,4-23,27H2,1-3H3. The topological polar surface area (TPSA) is 45.4 Å². The van der Waals surface area contributed by atoms with Gasteiger partial charge in [-0.15, -0.1) is 0 Å². The van der Waals surface area contributed by atoms with Gasteiger partial charge in [-0.3, -0.25) is 0 Å². The average molecular weight is 473 g/mol. The van der Waals surface area contributed by atoms with E-state index in [9.17, 15) is 0 Å². The smallest absolute Gasteiger partial charge is 0.147 e. The summed E-state index contributed by atoms with van der Waals surface area (Å²) in [5, 5.41) is 3.66. The van der Waals surface area contributed by atoms with Gasteiger partial charge in [-0.25, -0.2) is 5.53 Å². The number of nitrogens with one attached hydrogen (secondary N) is 1. The molecule has 34 heavy (non-hydrogen) atoms. The van der Waals surface area contributed by atoms with E-state index in [0.717, 1.165) is 17.9 Å². The first kappa shape index (κ1) is 30.7. The molecule has 0 radical (unpaired) electrons. The van der Waals surface area contributed by atoms with Crippen LogP contribution in [0.3, 0.4) is 0 Å². The highest BCUT2D eigenvalue weighted by atomic mass is 16.5. The zero-order chi connectivity index (χ0) is 24.7. The van der Waals surface area contributed by atoms with Crippen molar-refractivity contribution in [3.05, 3.63) is 23.8 Å². The monoisotopic (exact) mass is 472 g/mol. The van der Waals surface area contributed by atoms with E-state index in [2.05, 4.69) is 25.9 Å². The SMILES string of the molecule is CCCCCCCCCCCCC(CCCCCCCCCC)COc1cc(C)ccc1N=N. The van der Waals surface area contributed by atoms with E-state index in [-0.39, 0.29) is 0 Å². The second-order valence-electron chi connectivity index (χ2n) is 10.5. The molecule has 0 aliphatic carbocycles. The maximum atomic E-state index is 7.44. The van der Waals surface area contributed by atoms with Crippen LogP contribution in [0, 0.1) is 18.4 Å². The summed E-state index contributed by atoms with van der Waals surface area (Å²) >= 11 is 0. The molecule has 0 heterocycles. The van der Waals surface area contributed by atoms with Crippen LogP contribution in [0.25, 0.3) is 0 Å². The van der Waals surface area contributed by atoms with Crippen molar-refractivity contribution < 1.29 is 4.74 Å². The first-order chi connectivity index (χ1) is 16.7. The summed E-state index contributed by atoms with van der Waals surface area (Å²) in [5.41, 5.74) is 9.25. The van der Waals surface area contributed by atoms with Crippen molar-refractivity contribution >= 4 is 5.69 Å². The van der Waals surface area contributed by atoms with Gasteiger partial charge in [0.1, 0.15) is 11.4 Å². The number of hydrogen-bond acceptors (Lipinski definition) is 3. The van der Waals surface area contributed by atoms with Gasteiger partial charge in [0.25, 0.3) is 0 Å². The molecule has 0 bridgehead atoms. The predicted molar refractivity (Wildman–Crippen MR) is 149 cm³/mol. The minimum atomic E-state index is 0.619. The van der Waals surface area contributed by atoms with Crippen LogP contribution in [0.1, 0.15) is 148 Å². The van der Waals surface area contributed by atoms with Crippen molar-refractivity contribution in [1.82, 2.24) is 0 Å². The second-order valence-corrected chi connectivity index (χ2v) is 10.5. The molecule has 0 saturated carbocycles. The van der Waals surface area contributed by atoms with E-state index in [4.69, 9.17) is 10.3 Å². The average Bonchev–Trinajstić information content (AvgIpc) is 2.84. The highest BCUT2D eigenvalue weighted by molar-refractivity contribution is 5.52. The summed E-state index contributed by atoms with van der Waals surface area (Å²) in [6.07, 6.45) is 27.5. The molecule has 3 nitrogen and oxygen atoms in total. The first-order valence-corrected chi connectivity index (χ1v) is 14.8. The molecule has 0 fully saturated rings. The summed E-state index contributed by atoms with van der Waals surface area (Å²) in [7, 11) is 0. The Morgan fingerprint density at radius 3 is 1.56 bits per heavy atom. The van der Waals surface area contributed by atoms with Crippen molar-refractivity contribution in [3.8, 4) is 5.75 Å². The van der Waals surface area contributed by atoms with Crippen LogP contribution in [-0.4, -0.2) is 6.61 Å². The van der Waals surface area contributed by atoms with Crippen molar-refractivity contribution in [2.24, 2.45) is 11.0 Å². The highest BCUT2D eigenvalue weighted by Gasteiger charge is 2.12. The Kier molecular flexibility index (Phi) is 19.9. The second kappa shape index (κ2) is 22.1. The van der Waals surface area contributed by atoms with E-state index < -0.39 is 0 Å². The van der Waals surface area contributed by atoms with Crippen molar-refractivity contribution in [3.63, 3.8) is 0 Å². The summed E-state index contributed by atoms with van der Waals surface area (Å²) in [6.45, 7) is 7.41. The molecule has 1 N–H and O–H groups in total. The van der Waals surface area contributed by atoms with Crippen LogP contribution in [0.15, 0.2) is 23.3 Å². The van der Waals surface area contributed by atoms with E-state index in [1.165, 1.54) is 128 Å². The van der Waals surface area contributed by atoms with Crippen LogP contribution in [0.2, 0.25) is 0 Å². The fourth-order valence-electron chi connectivity index (χ4n) is 4.84. The molecule has 3 heteroatoms. The van der Waals surface area contributed by atoms with Crippen LogP contribution < -0.4 is 4.74 Å². The first-order valence-electron chi connectivity index (χ1n) is 14.8.